The minimum Gasteiger partial charge on any atom is -0.326 e. The number of halogens is 6. The van der Waals surface area contributed by atoms with E-state index in [-0.39, 0.29) is 15.6 Å². The Kier molecular flexibility index (Phi) is 6.80. The summed E-state index contributed by atoms with van der Waals surface area (Å²) in [6.07, 6.45) is 0. The summed E-state index contributed by atoms with van der Waals surface area (Å²) in [7, 11) is 0. The third-order valence-corrected chi connectivity index (χ3v) is 7.11. The van der Waals surface area contributed by atoms with Crippen LogP contribution in [-0.4, -0.2) is 16.1 Å². The average Bonchev–Trinajstić information content (AvgIpc) is 3.35. The number of amides is 2. The molecule has 2 amide bonds. The lowest BCUT2D eigenvalue weighted by Gasteiger charge is -2.12. The van der Waals surface area contributed by atoms with Crippen LogP contribution in [0.1, 0.15) is 27.4 Å². The monoisotopic (exact) mass is 542 g/mol. The standard InChI is InChI=1S/C24H16Cl4F2N2O2/c1-11-8-13(29)3-7-19(11)32-22(33)15-10-14(4-5-16(15)25)31-23(34)21-20(24(21,27)28)12-2-6-18(30)17(26)9-12/h2-10,20-21H,1H3,(H,31,34)(H,32,33)/t20-,21+/m0/s1. The summed E-state index contributed by atoms with van der Waals surface area (Å²) in [6.45, 7) is 1.65. The molecule has 3 aromatic rings. The van der Waals surface area contributed by atoms with Crippen molar-refractivity contribution in [1.82, 2.24) is 0 Å². The fraction of sp³-hybridized carbons (Fsp3) is 0.167. The zero-order valence-electron chi connectivity index (χ0n) is 17.4. The Morgan fingerprint density at radius 2 is 1.65 bits per heavy atom. The molecule has 1 fully saturated rings. The Hall–Kier alpha value is -2.38. The molecule has 0 saturated heterocycles. The molecule has 3 aromatic carbocycles. The largest absolute Gasteiger partial charge is 0.326 e. The Morgan fingerprint density at radius 1 is 0.912 bits per heavy atom. The van der Waals surface area contributed by atoms with Gasteiger partial charge in [0.1, 0.15) is 16.0 Å². The van der Waals surface area contributed by atoms with E-state index in [1.165, 1.54) is 54.6 Å². The van der Waals surface area contributed by atoms with E-state index in [9.17, 15) is 18.4 Å². The lowest BCUT2D eigenvalue weighted by Crippen LogP contribution is -2.18. The van der Waals surface area contributed by atoms with E-state index < -0.39 is 39.6 Å². The number of hydrogen-bond donors (Lipinski definition) is 2. The van der Waals surface area contributed by atoms with Crippen LogP contribution in [-0.2, 0) is 4.79 Å². The molecule has 0 heterocycles. The highest BCUT2D eigenvalue weighted by Crippen LogP contribution is 2.65. The second-order valence-electron chi connectivity index (χ2n) is 7.90. The molecule has 4 rings (SSSR count). The van der Waals surface area contributed by atoms with Crippen LogP contribution in [0.4, 0.5) is 20.2 Å². The molecular weight excluding hydrogens is 528 g/mol. The minimum atomic E-state index is -1.40. The number of benzene rings is 3. The van der Waals surface area contributed by atoms with Crippen LogP contribution in [0.3, 0.4) is 0 Å². The molecule has 1 aliphatic carbocycles. The van der Waals surface area contributed by atoms with Crippen molar-refractivity contribution in [3.8, 4) is 0 Å². The molecule has 0 radical (unpaired) electrons. The lowest BCUT2D eigenvalue weighted by molar-refractivity contribution is -0.117. The minimum absolute atomic E-state index is 0.0996. The van der Waals surface area contributed by atoms with Gasteiger partial charge in [0.05, 0.1) is 21.5 Å². The van der Waals surface area contributed by atoms with Crippen molar-refractivity contribution in [3.63, 3.8) is 0 Å². The van der Waals surface area contributed by atoms with Crippen LogP contribution in [0, 0.1) is 24.5 Å². The Labute approximate surface area is 214 Å². The van der Waals surface area contributed by atoms with Gasteiger partial charge in [0, 0.05) is 17.3 Å². The van der Waals surface area contributed by atoms with E-state index in [4.69, 9.17) is 46.4 Å². The van der Waals surface area contributed by atoms with Gasteiger partial charge in [-0.1, -0.05) is 29.3 Å². The fourth-order valence-corrected chi connectivity index (χ4v) is 4.95. The van der Waals surface area contributed by atoms with Crippen molar-refractivity contribution in [1.29, 1.82) is 0 Å². The number of hydrogen-bond acceptors (Lipinski definition) is 2. The number of alkyl halides is 2. The summed E-state index contributed by atoms with van der Waals surface area (Å²) < 4.78 is 25.4. The molecule has 0 bridgehead atoms. The lowest BCUT2D eigenvalue weighted by atomic mass is 10.1. The smallest absolute Gasteiger partial charge is 0.257 e. The van der Waals surface area contributed by atoms with E-state index in [1.54, 1.807) is 6.92 Å². The third-order valence-electron chi connectivity index (χ3n) is 5.55. The summed E-state index contributed by atoms with van der Waals surface area (Å²) in [6, 6.07) is 12.4. The summed E-state index contributed by atoms with van der Waals surface area (Å²) in [5.74, 6) is -3.46. The molecule has 2 atom stereocenters. The van der Waals surface area contributed by atoms with Crippen molar-refractivity contribution in [2.45, 2.75) is 17.2 Å². The Bertz CT molecular complexity index is 1320. The first-order valence-corrected chi connectivity index (χ1v) is 11.5. The van der Waals surface area contributed by atoms with Gasteiger partial charge in [-0.3, -0.25) is 9.59 Å². The van der Waals surface area contributed by atoms with Crippen molar-refractivity contribution < 1.29 is 18.4 Å². The first kappa shape index (κ1) is 24.7. The van der Waals surface area contributed by atoms with Crippen LogP contribution >= 0.6 is 46.4 Å². The Balaban J connectivity index is 1.51. The van der Waals surface area contributed by atoms with Gasteiger partial charge in [-0.15, -0.1) is 23.2 Å². The van der Waals surface area contributed by atoms with Gasteiger partial charge in [-0.2, -0.15) is 0 Å². The molecule has 34 heavy (non-hydrogen) atoms. The SMILES string of the molecule is Cc1cc(F)ccc1NC(=O)c1cc(NC(=O)[C@H]2[C@H](c3ccc(F)c(Cl)c3)C2(Cl)Cl)ccc1Cl. The normalized spacial score (nSPS) is 18.3. The number of rotatable bonds is 5. The number of anilines is 2. The van der Waals surface area contributed by atoms with Crippen molar-refractivity contribution in [2.75, 3.05) is 10.6 Å². The van der Waals surface area contributed by atoms with Crippen LogP contribution < -0.4 is 10.6 Å². The van der Waals surface area contributed by atoms with E-state index in [0.29, 0.717) is 22.5 Å². The maximum Gasteiger partial charge on any atom is 0.257 e. The quantitative estimate of drug-likeness (QED) is 0.330. The summed E-state index contributed by atoms with van der Waals surface area (Å²) in [5.41, 5.74) is 1.88. The molecule has 0 aromatic heterocycles. The maximum atomic E-state index is 13.5. The molecule has 4 nitrogen and oxygen atoms in total. The van der Waals surface area contributed by atoms with E-state index >= 15 is 0 Å². The van der Waals surface area contributed by atoms with Crippen molar-refractivity contribution in [3.05, 3.63) is 93.0 Å². The summed E-state index contributed by atoms with van der Waals surface area (Å²) in [5, 5.41) is 5.42. The van der Waals surface area contributed by atoms with Gasteiger partial charge in [0.2, 0.25) is 5.91 Å². The molecule has 0 aliphatic heterocycles. The van der Waals surface area contributed by atoms with Gasteiger partial charge in [-0.25, -0.2) is 8.78 Å². The predicted molar refractivity (Wildman–Crippen MR) is 131 cm³/mol. The molecule has 2 N–H and O–H groups in total. The fourth-order valence-electron chi connectivity index (χ4n) is 3.73. The molecule has 1 aliphatic rings. The highest BCUT2D eigenvalue weighted by molar-refractivity contribution is 6.53. The second-order valence-corrected chi connectivity index (χ2v) is 10.2. The highest BCUT2D eigenvalue weighted by Gasteiger charge is 2.67. The van der Waals surface area contributed by atoms with Gasteiger partial charge < -0.3 is 10.6 Å². The van der Waals surface area contributed by atoms with Crippen LogP contribution in [0.25, 0.3) is 0 Å². The summed E-state index contributed by atoms with van der Waals surface area (Å²) >= 11 is 24.7. The van der Waals surface area contributed by atoms with Crippen molar-refractivity contribution >= 4 is 69.6 Å². The van der Waals surface area contributed by atoms with E-state index in [2.05, 4.69) is 10.6 Å². The molecule has 1 saturated carbocycles. The summed E-state index contributed by atoms with van der Waals surface area (Å²) in [4.78, 5) is 25.7. The number of carbonyl (C=O) groups is 2. The van der Waals surface area contributed by atoms with Gasteiger partial charge in [0.25, 0.3) is 5.91 Å². The van der Waals surface area contributed by atoms with Gasteiger partial charge in [-0.05, 0) is 66.6 Å². The highest BCUT2D eigenvalue weighted by atomic mass is 35.5. The Morgan fingerprint density at radius 3 is 2.32 bits per heavy atom. The average molecular weight is 544 g/mol. The van der Waals surface area contributed by atoms with Crippen molar-refractivity contribution in [2.24, 2.45) is 5.92 Å². The zero-order valence-corrected chi connectivity index (χ0v) is 20.5. The first-order chi connectivity index (χ1) is 16.0. The topological polar surface area (TPSA) is 58.2 Å². The molecule has 10 heteroatoms. The predicted octanol–water partition coefficient (Wildman–Crippen LogP) is 7.36. The van der Waals surface area contributed by atoms with Gasteiger partial charge in [0.15, 0.2) is 0 Å². The van der Waals surface area contributed by atoms with Crippen LogP contribution in [0.5, 0.6) is 0 Å². The van der Waals surface area contributed by atoms with E-state index in [0.717, 1.165) is 0 Å². The number of aryl methyl sites for hydroxylation is 1. The van der Waals surface area contributed by atoms with Gasteiger partial charge >= 0.3 is 0 Å². The zero-order chi connectivity index (χ0) is 24.8. The first-order valence-electron chi connectivity index (χ1n) is 9.99. The number of nitrogens with one attached hydrogen (secondary N) is 2. The molecule has 0 unspecified atom stereocenters. The maximum absolute atomic E-state index is 13.5. The molecule has 0 spiro atoms. The van der Waals surface area contributed by atoms with E-state index in [1.807, 2.05) is 0 Å². The molecular formula is C24H16Cl4F2N2O2. The van der Waals surface area contributed by atoms with Crippen LogP contribution in [0.15, 0.2) is 54.6 Å². The number of carbonyl (C=O) groups excluding carboxylic acids is 2. The third kappa shape index (κ3) is 4.86. The molecule has 176 valence electrons. The van der Waals surface area contributed by atoms with Crippen LogP contribution in [0.2, 0.25) is 10.0 Å². The second kappa shape index (κ2) is 9.34.